The monoisotopic (exact) mass is 160 g/mol. The van der Waals surface area contributed by atoms with Crippen molar-refractivity contribution in [2.45, 2.75) is 6.17 Å². The Balaban J connectivity index is 2.34. The molecular weight excluding hydrogens is 152 g/mol. The Morgan fingerprint density at radius 3 is 2.50 bits per heavy atom. The molecule has 0 aromatic heterocycles. The van der Waals surface area contributed by atoms with E-state index in [2.05, 4.69) is 15.4 Å². The van der Waals surface area contributed by atoms with Gasteiger partial charge in [-0.25, -0.2) is 0 Å². The van der Waals surface area contributed by atoms with Crippen LogP contribution in [0.2, 0.25) is 0 Å². The van der Waals surface area contributed by atoms with Crippen LogP contribution in [0.15, 0.2) is 45.8 Å². The molecular formula is C8H8N4. The van der Waals surface area contributed by atoms with Crippen molar-refractivity contribution in [3.05, 3.63) is 35.9 Å². The minimum Gasteiger partial charge on any atom is -0.303 e. The second kappa shape index (κ2) is 2.83. The van der Waals surface area contributed by atoms with Crippen molar-refractivity contribution in [2.24, 2.45) is 21.2 Å². The van der Waals surface area contributed by atoms with Crippen LogP contribution in [0.5, 0.6) is 0 Å². The molecule has 4 heteroatoms. The Morgan fingerprint density at radius 2 is 1.92 bits per heavy atom. The van der Waals surface area contributed by atoms with E-state index in [1.165, 1.54) is 0 Å². The SMILES string of the molecule is NC1N=NN=C1c1ccccc1. The number of benzene rings is 1. The van der Waals surface area contributed by atoms with Gasteiger partial charge in [0.1, 0.15) is 5.71 Å². The molecule has 1 unspecified atom stereocenters. The van der Waals surface area contributed by atoms with E-state index in [-0.39, 0.29) is 0 Å². The molecule has 0 spiro atoms. The number of rotatable bonds is 1. The molecule has 1 atom stereocenters. The summed E-state index contributed by atoms with van der Waals surface area (Å²) < 4.78 is 0. The lowest BCUT2D eigenvalue weighted by Gasteiger charge is -2.01. The molecule has 60 valence electrons. The topological polar surface area (TPSA) is 63.1 Å². The van der Waals surface area contributed by atoms with E-state index in [0.717, 1.165) is 11.3 Å². The highest BCUT2D eigenvalue weighted by Gasteiger charge is 2.16. The van der Waals surface area contributed by atoms with E-state index in [4.69, 9.17) is 5.73 Å². The number of nitrogens with zero attached hydrogens (tertiary/aromatic N) is 3. The Bertz CT molecular complexity index is 328. The minimum absolute atomic E-state index is 0.396. The van der Waals surface area contributed by atoms with Crippen molar-refractivity contribution in [2.75, 3.05) is 0 Å². The third-order valence-electron chi connectivity index (χ3n) is 1.68. The van der Waals surface area contributed by atoms with Gasteiger partial charge in [0.15, 0.2) is 6.17 Å². The van der Waals surface area contributed by atoms with Gasteiger partial charge in [0, 0.05) is 5.56 Å². The number of nitrogens with two attached hydrogens (primary N) is 1. The third-order valence-corrected chi connectivity index (χ3v) is 1.68. The maximum absolute atomic E-state index is 5.62. The standard InChI is InChI=1S/C8H8N4/c9-8-7(10-12-11-8)6-4-2-1-3-5-6/h1-5,8H,9H2. The number of hydrogen-bond acceptors (Lipinski definition) is 4. The Labute approximate surface area is 69.8 Å². The molecule has 4 nitrogen and oxygen atoms in total. The van der Waals surface area contributed by atoms with Crippen LogP contribution in [0, 0.1) is 0 Å². The first kappa shape index (κ1) is 7.12. The lowest BCUT2D eigenvalue weighted by atomic mass is 10.1. The van der Waals surface area contributed by atoms with E-state index in [9.17, 15) is 0 Å². The van der Waals surface area contributed by atoms with Gasteiger partial charge in [-0.2, -0.15) is 0 Å². The van der Waals surface area contributed by atoms with E-state index >= 15 is 0 Å². The zero-order chi connectivity index (χ0) is 8.39. The Morgan fingerprint density at radius 1 is 1.17 bits per heavy atom. The molecule has 0 fully saturated rings. The molecule has 0 aliphatic carbocycles. The van der Waals surface area contributed by atoms with Gasteiger partial charge in [-0.15, -0.1) is 10.2 Å². The quantitative estimate of drug-likeness (QED) is 0.657. The van der Waals surface area contributed by atoms with E-state index < -0.39 is 6.17 Å². The first-order valence-corrected chi connectivity index (χ1v) is 3.66. The van der Waals surface area contributed by atoms with Gasteiger partial charge in [0.05, 0.1) is 0 Å². The summed E-state index contributed by atoms with van der Waals surface area (Å²) in [6, 6.07) is 9.69. The third kappa shape index (κ3) is 1.12. The molecule has 1 aliphatic heterocycles. The van der Waals surface area contributed by atoms with E-state index in [1.807, 2.05) is 30.3 Å². The number of hydrogen-bond donors (Lipinski definition) is 1. The van der Waals surface area contributed by atoms with Gasteiger partial charge in [-0.1, -0.05) is 30.3 Å². The minimum atomic E-state index is -0.396. The Kier molecular flexibility index (Phi) is 1.68. The highest BCUT2D eigenvalue weighted by Crippen LogP contribution is 2.09. The summed E-state index contributed by atoms with van der Waals surface area (Å²) >= 11 is 0. The summed E-state index contributed by atoms with van der Waals surface area (Å²) in [7, 11) is 0. The lowest BCUT2D eigenvalue weighted by Crippen LogP contribution is -2.26. The molecule has 1 aliphatic rings. The average molecular weight is 160 g/mol. The molecule has 1 heterocycles. The van der Waals surface area contributed by atoms with Gasteiger partial charge < -0.3 is 5.73 Å². The average Bonchev–Trinajstić information content (AvgIpc) is 2.53. The van der Waals surface area contributed by atoms with Crippen LogP contribution in [-0.4, -0.2) is 11.9 Å². The van der Waals surface area contributed by atoms with Crippen LogP contribution < -0.4 is 5.73 Å². The van der Waals surface area contributed by atoms with Crippen LogP contribution in [0.3, 0.4) is 0 Å². The van der Waals surface area contributed by atoms with E-state index in [0.29, 0.717) is 0 Å². The summed E-state index contributed by atoms with van der Waals surface area (Å²) in [6.45, 7) is 0. The maximum atomic E-state index is 5.62. The predicted octanol–water partition coefficient (Wildman–Crippen LogP) is 1.14. The van der Waals surface area contributed by atoms with Gasteiger partial charge in [0.25, 0.3) is 0 Å². The summed E-state index contributed by atoms with van der Waals surface area (Å²) in [4.78, 5) is 0. The van der Waals surface area contributed by atoms with Crippen molar-refractivity contribution < 1.29 is 0 Å². The van der Waals surface area contributed by atoms with Crippen LogP contribution in [0.25, 0.3) is 0 Å². The first-order chi connectivity index (χ1) is 5.88. The highest BCUT2D eigenvalue weighted by molar-refractivity contribution is 6.04. The molecule has 0 saturated carbocycles. The molecule has 0 radical (unpaired) electrons. The van der Waals surface area contributed by atoms with Crippen molar-refractivity contribution in [3.63, 3.8) is 0 Å². The molecule has 12 heavy (non-hydrogen) atoms. The molecule has 1 aromatic carbocycles. The fourth-order valence-electron chi connectivity index (χ4n) is 1.08. The summed E-state index contributed by atoms with van der Waals surface area (Å²) in [6.07, 6.45) is -0.396. The predicted molar refractivity (Wildman–Crippen MR) is 45.8 cm³/mol. The fraction of sp³-hybridized carbons (Fsp3) is 0.125. The molecule has 0 amide bonds. The second-order valence-corrected chi connectivity index (χ2v) is 2.50. The zero-order valence-corrected chi connectivity index (χ0v) is 6.38. The maximum Gasteiger partial charge on any atom is 0.165 e. The summed E-state index contributed by atoms with van der Waals surface area (Å²) in [5, 5.41) is 11.0. The van der Waals surface area contributed by atoms with Crippen LogP contribution in [-0.2, 0) is 0 Å². The fourth-order valence-corrected chi connectivity index (χ4v) is 1.08. The zero-order valence-electron chi connectivity index (χ0n) is 6.38. The van der Waals surface area contributed by atoms with Gasteiger partial charge in [-0.05, 0) is 5.22 Å². The molecule has 2 N–H and O–H groups in total. The molecule has 0 bridgehead atoms. The normalized spacial score (nSPS) is 21.1. The van der Waals surface area contributed by atoms with Gasteiger partial charge in [0.2, 0.25) is 0 Å². The van der Waals surface area contributed by atoms with Crippen molar-refractivity contribution in [1.82, 2.24) is 0 Å². The molecule has 1 aromatic rings. The van der Waals surface area contributed by atoms with Gasteiger partial charge in [-0.3, -0.25) is 0 Å². The highest BCUT2D eigenvalue weighted by atomic mass is 15.4. The van der Waals surface area contributed by atoms with Crippen molar-refractivity contribution >= 4 is 5.71 Å². The second-order valence-electron chi connectivity index (χ2n) is 2.50. The van der Waals surface area contributed by atoms with Crippen LogP contribution in [0.1, 0.15) is 5.56 Å². The van der Waals surface area contributed by atoms with E-state index in [1.54, 1.807) is 0 Å². The summed E-state index contributed by atoms with van der Waals surface area (Å²) in [5.74, 6) is 0. The van der Waals surface area contributed by atoms with Crippen LogP contribution in [0.4, 0.5) is 0 Å². The molecule has 0 saturated heterocycles. The van der Waals surface area contributed by atoms with Crippen molar-refractivity contribution in [1.29, 1.82) is 0 Å². The largest absolute Gasteiger partial charge is 0.303 e. The summed E-state index contributed by atoms with van der Waals surface area (Å²) in [5.41, 5.74) is 7.33. The lowest BCUT2D eigenvalue weighted by molar-refractivity contribution is 0.875. The van der Waals surface area contributed by atoms with Gasteiger partial charge >= 0.3 is 0 Å². The molecule has 2 rings (SSSR count). The van der Waals surface area contributed by atoms with Crippen molar-refractivity contribution in [3.8, 4) is 0 Å². The van der Waals surface area contributed by atoms with Crippen LogP contribution >= 0.6 is 0 Å². The Hall–Kier alpha value is -1.55. The first-order valence-electron chi connectivity index (χ1n) is 3.66. The smallest absolute Gasteiger partial charge is 0.165 e.